The molecule has 0 aliphatic rings. The Labute approximate surface area is 140 Å². The molecule has 23 heavy (non-hydrogen) atoms. The van der Waals surface area contributed by atoms with Crippen molar-refractivity contribution < 1.29 is 9.59 Å². The van der Waals surface area contributed by atoms with Crippen molar-refractivity contribution in [3.05, 3.63) is 58.3 Å². The number of amides is 3. The molecular formula is C17H21N3O2S. The van der Waals surface area contributed by atoms with Crippen LogP contribution in [0.5, 0.6) is 0 Å². The minimum atomic E-state index is -0.557. The van der Waals surface area contributed by atoms with E-state index in [9.17, 15) is 9.59 Å². The number of carbonyl (C=O) groups excluding carboxylic acids is 2. The Balaban J connectivity index is 1.99. The second kappa shape index (κ2) is 9.07. The third-order valence-electron chi connectivity index (χ3n) is 3.27. The van der Waals surface area contributed by atoms with E-state index >= 15 is 0 Å². The standard InChI is InChI=1S/C17H21N3O2S/c1-2-18-17(22)20-16(21)15(13-7-4-3-5-8-13)19-11-10-14-9-6-12-23-14/h3-9,12,15,19H,2,10-11H2,1H3,(H2,18,20,21,22)/t15-/m1/s1. The molecule has 6 heteroatoms. The van der Waals surface area contributed by atoms with Crippen molar-refractivity contribution in [2.45, 2.75) is 19.4 Å². The summed E-state index contributed by atoms with van der Waals surface area (Å²) in [6.07, 6.45) is 0.843. The molecule has 1 heterocycles. The number of nitrogens with one attached hydrogen (secondary N) is 3. The Hall–Kier alpha value is -2.18. The van der Waals surface area contributed by atoms with Crippen LogP contribution in [-0.4, -0.2) is 25.0 Å². The van der Waals surface area contributed by atoms with Crippen LogP contribution in [0.15, 0.2) is 47.8 Å². The highest BCUT2D eigenvalue weighted by Crippen LogP contribution is 2.14. The molecule has 122 valence electrons. The Kier molecular flexibility index (Phi) is 6.77. The van der Waals surface area contributed by atoms with Crippen LogP contribution in [-0.2, 0) is 11.2 Å². The number of benzene rings is 1. The summed E-state index contributed by atoms with van der Waals surface area (Å²) in [7, 11) is 0. The minimum Gasteiger partial charge on any atom is -0.338 e. The average Bonchev–Trinajstić information content (AvgIpc) is 3.06. The first-order valence-electron chi connectivity index (χ1n) is 7.60. The normalized spacial score (nSPS) is 11.7. The Bertz CT molecular complexity index is 614. The van der Waals surface area contributed by atoms with E-state index in [1.54, 1.807) is 18.3 Å². The summed E-state index contributed by atoms with van der Waals surface area (Å²) in [4.78, 5) is 25.2. The molecule has 3 amide bonds. The maximum Gasteiger partial charge on any atom is 0.321 e. The highest BCUT2D eigenvalue weighted by molar-refractivity contribution is 7.09. The lowest BCUT2D eigenvalue weighted by atomic mass is 10.1. The quantitative estimate of drug-likeness (QED) is 0.730. The van der Waals surface area contributed by atoms with Crippen molar-refractivity contribution in [2.24, 2.45) is 0 Å². The molecule has 0 saturated carbocycles. The summed E-state index contributed by atoms with van der Waals surface area (Å²) in [5, 5.41) is 10.2. The van der Waals surface area contributed by atoms with E-state index in [1.807, 2.05) is 41.8 Å². The number of hydrogen-bond acceptors (Lipinski definition) is 4. The molecule has 0 spiro atoms. The van der Waals surface area contributed by atoms with Gasteiger partial charge >= 0.3 is 6.03 Å². The Morgan fingerprint density at radius 2 is 1.91 bits per heavy atom. The molecule has 3 N–H and O–H groups in total. The van der Waals surface area contributed by atoms with Crippen LogP contribution in [0, 0.1) is 0 Å². The van der Waals surface area contributed by atoms with Gasteiger partial charge in [-0.3, -0.25) is 10.1 Å². The molecule has 0 aliphatic carbocycles. The summed E-state index contributed by atoms with van der Waals surface area (Å²) in [6.45, 7) is 2.93. The van der Waals surface area contributed by atoms with Gasteiger partial charge in [0.1, 0.15) is 6.04 Å². The van der Waals surface area contributed by atoms with Crippen LogP contribution in [0.4, 0.5) is 4.79 Å². The Morgan fingerprint density at radius 3 is 2.57 bits per heavy atom. The van der Waals surface area contributed by atoms with Gasteiger partial charge in [0.2, 0.25) is 5.91 Å². The minimum absolute atomic E-state index is 0.353. The van der Waals surface area contributed by atoms with E-state index in [0.717, 1.165) is 12.0 Å². The molecule has 0 saturated heterocycles. The number of rotatable bonds is 7. The topological polar surface area (TPSA) is 70.2 Å². The molecule has 0 aliphatic heterocycles. The molecule has 2 rings (SSSR count). The van der Waals surface area contributed by atoms with Gasteiger partial charge in [-0.15, -0.1) is 11.3 Å². The Morgan fingerprint density at radius 1 is 1.13 bits per heavy atom. The molecule has 1 atom stereocenters. The SMILES string of the molecule is CCNC(=O)NC(=O)[C@H](NCCc1cccs1)c1ccccc1. The average molecular weight is 331 g/mol. The monoisotopic (exact) mass is 331 g/mol. The van der Waals surface area contributed by atoms with Gasteiger partial charge in [-0.2, -0.15) is 0 Å². The largest absolute Gasteiger partial charge is 0.338 e. The predicted molar refractivity (Wildman–Crippen MR) is 92.4 cm³/mol. The molecule has 0 unspecified atom stereocenters. The number of thiophene rings is 1. The van der Waals surface area contributed by atoms with E-state index in [0.29, 0.717) is 13.1 Å². The van der Waals surface area contributed by atoms with Crippen molar-refractivity contribution in [1.82, 2.24) is 16.0 Å². The highest BCUT2D eigenvalue weighted by atomic mass is 32.1. The van der Waals surface area contributed by atoms with Crippen LogP contribution in [0.2, 0.25) is 0 Å². The summed E-state index contributed by atoms with van der Waals surface area (Å²) in [5.41, 5.74) is 0.834. The molecule has 0 radical (unpaired) electrons. The van der Waals surface area contributed by atoms with Gasteiger partial charge in [-0.05, 0) is 30.4 Å². The van der Waals surface area contributed by atoms with Crippen LogP contribution in [0.25, 0.3) is 0 Å². The van der Waals surface area contributed by atoms with Crippen molar-refractivity contribution >= 4 is 23.3 Å². The second-order valence-electron chi connectivity index (χ2n) is 4.98. The highest BCUT2D eigenvalue weighted by Gasteiger charge is 2.21. The van der Waals surface area contributed by atoms with Gasteiger partial charge in [0.15, 0.2) is 0 Å². The lowest BCUT2D eigenvalue weighted by Crippen LogP contribution is -2.45. The van der Waals surface area contributed by atoms with Crippen LogP contribution in [0.3, 0.4) is 0 Å². The van der Waals surface area contributed by atoms with Crippen LogP contribution >= 0.6 is 11.3 Å². The van der Waals surface area contributed by atoms with E-state index in [-0.39, 0.29) is 5.91 Å². The summed E-state index contributed by atoms with van der Waals surface area (Å²) in [5.74, 6) is -0.353. The van der Waals surface area contributed by atoms with Gasteiger partial charge in [0, 0.05) is 18.0 Å². The van der Waals surface area contributed by atoms with Crippen molar-refractivity contribution in [1.29, 1.82) is 0 Å². The molecule has 2 aromatic rings. The van der Waals surface area contributed by atoms with E-state index < -0.39 is 12.1 Å². The molecular weight excluding hydrogens is 310 g/mol. The fourth-order valence-electron chi connectivity index (χ4n) is 2.19. The molecule has 0 bridgehead atoms. The third-order valence-corrected chi connectivity index (χ3v) is 4.21. The lowest BCUT2D eigenvalue weighted by Gasteiger charge is -2.18. The molecule has 0 fully saturated rings. The first-order valence-corrected chi connectivity index (χ1v) is 8.48. The maximum absolute atomic E-state index is 12.4. The summed E-state index contributed by atoms with van der Waals surface area (Å²) < 4.78 is 0. The fraction of sp³-hybridized carbons (Fsp3) is 0.294. The molecule has 1 aromatic carbocycles. The second-order valence-corrected chi connectivity index (χ2v) is 6.01. The van der Waals surface area contributed by atoms with Gasteiger partial charge in [0.25, 0.3) is 0 Å². The predicted octanol–water partition coefficient (Wildman–Crippen LogP) is 2.47. The fourth-order valence-corrected chi connectivity index (χ4v) is 2.90. The van der Waals surface area contributed by atoms with Crippen molar-refractivity contribution in [3.8, 4) is 0 Å². The van der Waals surface area contributed by atoms with Crippen molar-refractivity contribution in [2.75, 3.05) is 13.1 Å². The zero-order valence-corrected chi connectivity index (χ0v) is 13.9. The molecule has 1 aromatic heterocycles. The maximum atomic E-state index is 12.4. The first kappa shape index (κ1) is 17.2. The number of hydrogen-bond donors (Lipinski definition) is 3. The van der Waals surface area contributed by atoms with Gasteiger partial charge in [-0.25, -0.2) is 4.79 Å². The summed E-state index contributed by atoms with van der Waals surface area (Å²) in [6, 6.07) is 12.5. The van der Waals surface area contributed by atoms with Gasteiger partial charge < -0.3 is 10.6 Å². The lowest BCUT2D eigenvalue weighted by molar-refractivity contribution is -0.122. The smallest absolute Gasteiger partial charge is 0.321 e. The summed E-state index contributed by atoms with van der Waals surface area (Å²) >= 11 is 1.69. The van der Waals surface area contributed by atoms with Gasteiger partial charge in [0.05, 0.1) is 0 Å². The van der Waals surface area contributed by atoms with Crippen LogP contribution in [0.1, 0.15) is 23.4 Å². The van der Waals surface area contributed by atoms with Gasteiger partial charge in [-0.1, -0.05) is 36.4 Å². The van der Waals surface area contributed by atoms with E-state index in [2.05, 4.69) is 22.0 Å². The van der Waals surface area contributed by atoms with E-state index in [1.165, 1.54) is 4.88 Å². The first-order chi connectivity index (χ1) is 11.2. The third kappa shape index (κ3) is 5.50. The number of carbonyl (C=O) groups is 2. The zero-order chi connectivity index (χ0) is 16.5. The van der Waals surface area contributed by atoms with Crippen molar-refractivity contribution in [3.63, 3.8) is 0 Å². The van der Waals surface area contributed by atoms with Crippen LogP contribution < -0.4 is 16.0 Å². The zero-order valence-electron chi connectivity index (χ0n) is 13.0. The number of urea groups is 1. The molecule has 5 nitrogen and oxygen atoms in total. The number of imide groups is 1. The van der Waals surface area contributed by atoms with E-state index in [4.69, 9.17) is 0 Å².